The molecule has 1 unspecified atom stereocenters. The SMILES string of the molecule is CCC(C)N(C)CCNC1CCC(C(C)(C)CC)CC1. The van der Waals surface area contributed by atoms with Crippen LogP contribution in [0, 0.1) is 11.3 Å². The molecule has 0 radical (unpaired) electrons. The normalized spacial score (nSPS) is 25.9. The van der Waals surface area contributed by atoms with Crippen LogP contribution in [0.15, 0.2) is 0 Å². The largest absolute Gasteiger partial charge is 0.313 e. The van der Waals surface area contributed by atoms with Gasteiger partial charge in [0, 0.05) is 25.2 Å². The van der Waals surface area contributed by atoms with Crippen LogP contribution in [0.3, 0.4) is 0 Å². The van der Waals surface area contributed by atoms with Crippen LogP contribution >= 0.6 is 0 Å². The van der Waals surface area contributed by atoms with Gasteiger partial charge in [-0.2, -0.15) is 0 Å². The Bertz CT molecular complexity index is 254. The van der Waals surface area contributed by atoms with Crippen LogP contribution in [-0.4, -0.2) is 37.1 Å². The van der Waals surface area contributed by atoms with E-state index in [1.807, 2.05) is 0 Å². The molecule has 0 heterocycles. The molecule has 0 amide bonds. The Morgan fingerprint density at radius 1 is 1.15 bits per heavy atom. The second-order valence-corrected chi connectivity index (χ2v) is 7.58. The van der Waals surface area contributed by atoms with Crippen molar-refractivity contribution in [3.8, 4) is 0 Å². The smallest absolute Gasteiger partial charge is 0.0107 e. The third-order valence-corrected chi connectivity index (χ3v) is 5.98. The predicted molar refractivity (Wildman–Crippen MR) is 90.2 cm³/mol. The van der Waals surface area contributed by atoms with Crippen molar-refractivity contribution in [2.45, 2.75) is 85.2 Å². The van der Waals surface area contributed by atoms with Crippen molar-refractivity contribution in [3.05, 3.63) is 0 Å². The lowest BCUT2D eigenvalue weighted by Crippen LogP contribution is -2.41. The Balaban J connectivity index is 2.20. The van der Waals surface area contributed by atoms with Gasteiger partial charge in [-0.25, -0.2) is 0 Å². The maximum atomic E-state index is 3.78. The molecule has 0 spiro atoms. The van der Waals surface area contributed by atoms with E-state index in [2.05, 4.69) is 51.9 Å². The van der Waals surface area contributed by atoms with Crippen LogP contribution in [0.25, 0.3) is 0 Å². The lowest BCUT2D eigenvalue weighted by atomic mass is 9.69. The van der Waals surface area contributed by atoms with E-state index in [9.17, 15) is 0 Å². The van der Waals surface area contributed by atoms with Gasteiger partial charge in [-0.05, 0) is 57.4 Å². The summed E-state index contributed by atoms with van der Waals surface area (Å²) in [6.45, 7) is 14.2. The highest BCUT2D eigenvalue weighted by atomic mass is 15.1. The topological polar surface area (TPSA) is 15.3 Å². The molecular weight excluding hydrogens is 244 g/mol. The Labute approximate surface area is 127 Å². The Hall–Kier alpha value is -0.0800. The summed E-state index contributed by atoms with van der Waals surface area (Å²) >= 11 is 0. The average Bonchev–Trinajstić information content (AvgIpc) is 2.46. The molecule has 0 aromatic heterocycles. The van der Waals surface area contributed by atoms with E-state index in [0.29, 0.717) is 11.5 Å². The number of rotatable bonds is 8. The summed E-state index contributed by atoms with van der Waals surface area (Å²) in [5, 5.41) is 3.78. The van der Waals surface area contributed by atoms with Crippen LogP contribution in [0.5, 0.6) is 0 Å². The zero-order chi connectivity index (χ0) is 15.2. The number of likely N-dealkylation sites (N-methyl/N-ethyl adjacent to an activating group) is 1. The Morgan fingerprint density at radius 2 is 1.75 bits per heavy atom. The van der Waals surface area contributed by atoms with E-state index in [0.717, 1.165) is 18.5 Å². The molecule has 0 aromatic rings. The third-order valence-electron chi connectivity index (χ3n) is 5.98. The summed E-state index contributed by atoms with van der Waals surface area (Å²) in [7, 11) is 2.25. The zero-order valence-electron chi connectivity index (χ0n) is 14.8. The predicted octanol–water partition coefficient (Wildman–Crippen LogP) is 4.30. The first-order valence-electron chi connectivity index (χ1n) is 8.84. The maximum absolute atomic E-state index is 3.78. The standard InChI is InChI=1S/C18H38N2/c1-7-15(3)20(6)14-13-19-17-11-9-16(10-12-17)18(4,5)8-2/h15-17,19H,7-14H2,1-6H3. The lowest BCUT2D eigenvalue weighted by Gasteiger charge is -2.39. The molecule has 1 N–H and O–H groups in total. The molecule has 0 aliphatic heterocycles. The highest BCUT2D eigenvalue weighted by molar-refractivity contribution is 4.85. The van der Waals surface area contributed by atoms with Crippen LogP contribution in [-0.2, 0) is 0 Å². The minimum absolute atomic E-state index is 0.543. The molecule has 0 aromatic carbocycles. The second kappa shape index (κ2) is 8.38. The first kappa shape index (κ1) is 18.0. The zero-order valence-corrected chi connectivity index (χ0v) is 14.8. The summed E-state index contributed by atoms with van der Waals surface area (Å²) in [5.74, 6) is 0.938. The molecule has 20 heavy (non-hydrogen) atoms. The van der Waals surface area contributed by atoms with E-state index in [4.69, 9.17) is 0 Å². The molecule has 1 rings (SSSR count). The van der Waals surface area contributed by atoms with Gasteiger partial charge in [-0.3, -0.25) is 0 Å². The van der Waals surface area contributed by atoms with Crippen molar-refractivity contribution in [1.29, 1.82) is 0 Å². The summed E-state index contributed by atoms with van der Waals surface area (Å²) < 4.78 is 0. The molecule has 1 atom stereocenters. The number of hydrogen-bond donors (Lipinski definition) is 1. The summed E-state index contributed by atoms with van der Waals surface area (Å²) in [6.07, 6.45) is 8.14. The molecular formula is C18H38N2. The van der Waals surface area contributed by atoms with Crippen LogP contribution in [0.2, 0.25) is 0 Å². The van der Waals surface area contributed by atoms with Gasteiger partial charge >= 0.3 is 0 Å². The highest BCUT2D eigenvalue weighted by Gasteiger charge is 2.31. The Morgan fingerprint density at radius 3 is 2.25 bits per heavy atom. The fourth-order valence-corrected chi connectivity index (χ4v) is 3.34. The minimum Gasteiger partial charge on any atom is -0.313 e. The van der Waals surface area contributed by atoms with E-state index in [1.54, 1.807) is 0 Å². The van der Waals surface area contributed by atoms with Crippen molar-refractivity contribution in [2.24, 2.45) is 11.3 Å². The lowest BCUT2D eigenvalue weighted by molar-refractivity contribution is 0.135. The fourth-order valence-electron chi connectivity index (χ4n) is 3.34. The monoisotopic (exact) mass is 282 g/mol. The maximum Gasteiger partial charge on any atom is 0.0107 e. The van der Waals surface area contributed by atoms with Crippen molar-refractivity contribution >= 4 is 0 Å². The van der Waals surface area contributed by atoms with Crippen molar-refractivity contribution < 1.29 is 0 Å². The highest BCUT2D eigenvalue weighted by Crippen LogP contribution is 2.40. The summed E-state index contributed by atoms with van der Waals surface area (Å²) in [4.78, 5) is 2.47. The summed E-state index contributed by atoms with van der Waals surface area (Å²) in [6, 6.07) is 1.47. The molecule has 1 aliphatic rings. The van der Waals surface area contributed by atoms with Crippen LogP contribution in [0.1, 0.15) is 73.1 Å². The molecule has 0 bridgehead atoms. The van der Waals surface area contributed by atoms with Gasteiger partial charge in [0.25, 0.3) is 0 Å². The third kappa shape index (κ3) is 5.37. The Kier molecular flexibility index (Phi) is 7.53. The summed E-state index contributed by atoms with van der Waals surface area (Å²) in [5.41, 5.74) is 0.543. The molecule has 0 saturated heterocycles. The van der Waals surface area contributed by atoms with E-state index in [1.165, 1.54) is 45.1 Å². The first-order valence-corrected chi connectivity index (χ1v) is 8.84. The molecule has 2 heteroatoms. The number of hydrogen-bond acceptors (Lipinski definition) is 2. The quantitative estimate of drug-likeness (QED) is 0.714. The molecule has 1 saturated carbocycles. The van der Waals surface area contributed by atoms with Gasteiger partial charge in [0.15, 0.2) is 0 Å². The van der Waals surface area contributed by atoms with Crippen molar-refractivity contribution in [2.75, 3.05) is 20.1 Å². The first-order chi connectivity index (χ1) is 9.40. The second-order valence-electron chi connectivity index (χ2n) is 7.58. The number of nitrogens with zero attached hydrogens (tertiary/aromatic N) is 1. The molecule has 1 fully saturated rings. The van der Waals surface area contributed by atoms with E-state index in [-0.39, 0.29) is 0 Å². The van der Waals surface area contributed by atoms with Crippen molar-refractivity contribution in [1.82, 2.24) is 10.2 Å². The molecule has 2 nitrogen and oxygen atoms in total. The van der Waals surface area contributed by atoms with E-state index < -0.39 is 0 Å². The van der Waals surface area contributed by atoms with Gasteiger partial charge in [0.1, 0.15) is 0 Å². The van der Waals surface area contributed by atoms with Crippen LogP contribution in [0.4, 0.5) is 0 Å². The fraction of sp³-hybridized carbons (Fsp3) is 1.00. The minimum atomic E-state index is 0.543. The van der Waals surface area contributed by atoms with Gasteiger partial charge < -0.3 is 10.2 Å². The van der Waals surface area contributed by atoms with Gasteiger partial charge in [0.2, 0.25) is 0 Å². The van der Waals surface area contributed by atoms with Gasteiger partial charge in [-0.15, -0.1) is 0 Å². The molecule has 120 valence electrons. The van der Waals surface area contributed by atoms with Gasteiger partial charge in [0.05, 0.1) is 0 Å². The average molecular weight is 283 g/mol. The van der Waals surface area contributed by atoms with Crippen molar-refractivity contribution in [3.63, 3.8) is 0 Å². The van der Waals surface area contributed by atoms with Crippen LogP contribution < -0.4 is 5.32 Å². The van der Waals surface area contributed by atoms with Gasteiger partial charge in [-0.1, -0.05) is 34.1 Å². The number of nitrogens with one attached hydrogen (secondary N) is 1. The molecule has 1 aliphatic carbocycles. The van der Waals surface area contributed by atoms with E-state index >= 15 is 0 Å².